The van der Waals surface area contributed by atoms with Crippen LogP contribution in [0.3, 0.4) is 0 Å². The van der Waals surface area contributed by atoms with Crippen molar-refractivity contribution in [3.63, 3.8) is 0 Å². The van der Waals surface area contributed by atoms with Crippen LogP contribution in [0.1, 0.15) is 28.8 Å². The summed E-state index contributed by atoms with van der Waals surface area (Å²) in [7, 11) is 0. The van der Waals surface area contributed by atoms with Crippen molar-refractivity contribution in [2.45, 2.75) is 19.4 Å². The molecule has 4 rings (SSSR count). The van der Waals surface area contributed by atoms with E-state index in [1.165, 1.54) is 29.2 Å². The lowest BCUT2D eigenvalue weighted by atomic mass is 10.1. The van der Waals surface area contributed by atoms with Gasteiger partial charge in [0.05, 0.1) is 6.54 Å². The molecule has 156 valence electrons. The monoisotopic (exact) mass is 418 g/mol. The number of amides is 3. The molecule has 3 aromatic carbocycles. The summed E-state index contributed by atoms with van der Waals surface area (Å²) in [6, 6.07) is 19.2. The molecule has 0 spiro atoms. The van der Waals surface area contributed by atoms with Crippen LogP contribution in [0.5, 0.6) is 11.5 Å². The van der Waals surface area contributed by atoms with E-state index in [1.807, 2.05) is 0 Å². The third kappa shape index (κ3) is 4.95. The average Bonchev–Trinajstić information content (AvgIpc) is 3.09. The molecule has 6 nitrogen and oxygen atoms in total. The van der Waals surface area contributed by atoms with E-state index in [0.29, 0.717) is 22.7 Å². The van der Waals surface area contributed by atoms with Crippen LogP contribution in [0.2, 0.25) is 0 Å². The predicted octanol–water partition coefficient (Wildman–Crippen LogP) is 4.52. The van der Waals surface area contributed by atoms with Crippen LogP contribution in [0.25, 0.3) is 0 Å². The Labute approximate surface area is 178 Å². The number of anilines is 1. The Kier molecular flexibility index (Phi) is 5.75. The van der Waals surface area contributed by atoms with Crippen LogP contribution >= 0.6 is 0 Å². The quantitative estimate of drug-likeness (QED) is 0.598. The molecule has 0 radical (unpaired) electrons. The molecule has 1 aliphatic heterocycles. The molecular formula is C24H19FN2O4. The SMILES string of the molecule is O=C(Nc1ccc(CN2C(=O)CCC2=O)cc1)c1ccc(Oc2ccc(F)cc2)cc1. The molecule has 1 heterocycles. The molecule has 0 atom stereocenters. The largest absolute Gasteiger partial charge is 0.457 e. The van der Waals surface area contributed by atoms with Crippen molar-refractivity contribution in [3.8, 4) is 11.5 Å². The Morgan fingerprint density at radius 3 is 1.97 bits per heavy atom. The zero-order chi connectivity index (χ0) is 21.8. The van der Waals surface area contributed by atoms with Gasteiger partial charge in [-0.2, -0.15) is 0 Å². The van der Waals surface area contributed by atoms with Gasteiger partial charge in [0.15, 0.2) is 0 Å². The number of hydrogen-bond acceptors (Lipinski definition) is 4. The number of halogens is 1. The molecule has 1 N–H and O–H groups in total. The second-order valence-corrected chi connectivity index (χ2v) is 7.11. The number of rotatable bonds is 6. The number of carbonyl (C=O) groups is 3. The molecule has 3 aromatic rings. The van der Waals surface area contributed by atoms with Gasteiger partial charge in [0.25, 0.3) is 5.91 Å². The van der Waals surface area contributed by atoms with Crippen LogP contribution in [-0.4, -0.2) is 22.6 Å². The third-order valence-electron chi connectivity index (χ3n) is 4.87. The van der Waals surface area contributed by atoms with E-state index in [1.54, 1.807) is 48.5 Å². The fraction of sp³-hybridized carbons (Fsp3) is 0.125. The smallest absolute Gasteiger partial charge is 0.255 e. The third-order valence-corrected chi connectivity index (χ3v) is 4.87. The average molecular weight is 418 g/mol. The first kappa shape index (κ1) is 20.3. The second kappa shape index (κ2) is 8.79. The summed E-state index contributed by atoms with van der Waals surface area (Å²) in [4.78, 5) is 37.2. The summed E-state index contributed by atoms with van der Waals surface area (Å²) in [6.45, 7) is 0.238. The minimum Gasteiger partial charge on any atom is -0.457 e. The molecule has 1 fully saturated rings. The van der Waals surface area contributed by atoms with Crippen molar-refractivity contribution in [2.24, 2.45) is 0 Å². The van der Waals surface area contributed by atoms with E-state index in [-0.39, 0.29) is 42.9 Å². The van der Waals surface area contributed by atoms with E-state index < -0.39 is 0 Å². The van der Waals surface area contributed by atoms with Crippen molar-refractivity contribution < 1.29 is 23.5 Å². The first-order valence-corrected chi connectivity index (χ1v) is 9.75. The Hall–Kier alpha value is -4.00. The van der Waals surface area contributed by atoms with Gasteiger partial charge in [-0.05, 0) is 66.2 Å². The fourth-order valence-electron chi connectivity index (χ4n) is 3.19. The van der Waals surface area contributed by atoms with Gasteiger partial charge >= 0.3 is 0 Å². The summed E-state index contributed by atoms with van der Waals surface area (Å²) < 4.78 is 18.6. The predicted molar refractivity (Wildman–Crippen MR) is 112 cm³/mol. The summed E-state index contributed by atoms with van der Waals surface area (Å²) in [5, 5.41) is 2.80. The van der Waals surface area contributed by atoms with E-state index >= 15 is 0 Å². The van der Waals surface area contributed by atoms with Crippen molar-refractivity contribution in [3.05, 3.63) is 89.7 Å². The maximum absolute atomic E-state index is 13.0. The van der Waals surface area contributed by atoms with Crippen LogP contribution in [0.15, 0.2) is 72.8 Å². The van der Waals surface area contributed by atoms with Crippen molar-refractivity contribution in [1.29, 1.82) is 0 Å². The van der Waals surface area contributed by atoms with Gasteiger partial charge in [-0.15, -0.1) is 0 Å². The van der Waals surface area contributed by atoms with E-state index in [2.05, 4.69) is 5.32 Å². The zero-order valence-corrected chi connectivity index (χ0v) is 16.5. The van der Waals surface area contributed by atoms with Crippen LogP contribution in [-0.2, 0) is 16.1 Å². The number of imide groups is 1. The molecule has 0 unspecified atom stereocenters. The van der Waals surface area contributed by atoms with Gasteiger partial charge in [0, 0.05) is 24.1 Å². The summed E-state index contributed by atoms with van der Waals surface area (Å²) in [5.74, 6) is 0.0782. The summed E-state index contributed by atoms with van der Waals surface area (Å²) in [6.07, 6.45) is 0.529. The molecule has 0 bridgehead atoms. The minimum atomic E-state index is -0.342. The first-order chi connectivity index (χ1) is 15.0. The number of carbonyl (C=O) groups excluding carboxylic acids is 3. The van der Waals surface area contributed by atoms with Crippen LogP contribution in [0, 0.1) is 5.82 Å². The molecule has 0 saturated carbocycles. The Balaban J connectivity index is 1.35. The Morgan fingerprint density at radius 2 is 1.39 bits per heavy atom. The highest BCUT2D eigenvalue weighted by Crippen LogP contribution is 2.22. The highest BCUT2D eigenvalue weighted by molar-refractivity contribution is 6.04. The first-order valence-electron chi connectivity index (χ1n) is 9.75. The van der Waals surface area contributed by atoms with Gasteiger partial charge in [-0.3, -0.25) is 19.3 Å². The standard InChI is InChI=1S/C24H19FN2O4/c25-18-5-11-21(12-6-18)31-20-9-3-17(4-10-20)24(30)26-19-7-1-16(2-8-19)15-27-22(28)13-14-23(27)29/h1-12H,13-15H2,(H,26,30). The van der Waals surface area contributed by atoms with Gasteiger partial charge in [-0.25, -0.2) is 4.39 Å². The highest BCUT2D eigenvalue weighted by Gasteiger charge is 2.28. The summed E-state index contributed by atoms with van der Waals surface area (Å²) in [5.41, 5.74) is 1.85. The number of likely N-dealkylation sites (tertiary alicyclic amines) is 1. The molecule has 1 saturated heterocycles. The highest BCUT2D eigenvalue weighted by atomic mass is 19.1. The maximum Gasteiger partial charge on any atom is 0.255 e. The van der Waals surface area contributed by atoms with E-state index in [4.69, 9.17) is 4.74 Å². The number of benzene rings is 3. The lowest BCUT2D eigenvalue weighted by Crippen LogP contribution is -2.28. The lowest BCUT2D eigenvalue weighted by Gasteiger charge is -2.14. The van der Waals surface area contributed by atoms with E-state index in [0.717, 1.165) is 5.56 Å². The van der Waals surface area contributed by atoms with Crippen molar-refractivity contribution in [2.75, 3.05) is 5.32 Å². The number of nitrogens with zero attached hydrogens (tertiary/aromatic N) is 1. The minimum absolute atomic E-state index is 0.158. The number of hydrogen-bond donors (Lipinski definition) is 1. The number of nitrogens with one attached hydrogen (secondary N) is 1. The van der Waals surface area contributed by atoms with Gasteiger partial charge in [-0.1, -0.05) is 12.1 Å². The molecule has 3 amide bonds. The van der Waals surface area contributed by atoms with Crippen molar-refractivity contribution in [1.82, 2.24) is 4.90 Å². The second-order valence-electron chi connectivity index (χ2n) is 7.11. The van der Waals surface area contributed by atoms with Crippen LogP contribution in [0.4, 0.5) is 10.1 Å². The van der Waals surface area contributed by atoms with Gasteiger partial charge in [0.1, 0.15) is 17.3 Å². The van der Waals surface area contributed by atoms with E-state index in [9.17, 15) is 18.8 Å². The lowest BCUT2D eigenvalue weighted by molar-refractivity contribution is -0.139. The fourth-order valence-corrected chi connectivity index (χ4v) is 3.19. The number of ether oxygens (including phenoxy) is 1. The maximum atomic E-state index is 13.0. The molecule has 31 heavy (non-hydrogen) atoms. The molecule has 7 heteroatoms. The molecular weight excluding hydrogens is 399 g/mol. The summed E-state index contributed by atoms with van der Waals surface area (Å²) >= 11 is 0. The topological polar surface area (TPSA) is 75.7 Å². The Bertz CT molecular complexity index is 1090. The normalized spacial score (nSPS) is 13.4. The zero-order valence-electron chi connectivity index (χ0n) is 16.5. The molecule has 0 aliphatic carbocycles. The van der Waals surface area contributed by atoms with Crippen LogP contribution < -0.4 is 10.1 Å². The van der Waals surface area contributed by atoms with Crippen molar-refractivity contribution >= 4 is 23.4 Å². The molecule has 0 aromatic heterocycles. The molecule has 1 aliphatic rings. The van der Waals surface area contributed by atoms with Gasteiger partial charge in [0.2, 0.25) is 11.8 Å². The van der Waals surface area contributed by atoms with Gasteiger partial charge < -0.3 is 10.1 Å². The Morgan fingerprint density at radius 1 is 0.839 bits per heavy atom.